The van der Waals surface area contributed by atoms with Crippen molar-refractivity contribution in [3.63, 3.8) is 0 Å². The average molecular weight is 551 g/mol. The monoisotopic (exact) mass is 550 g/mol. The highest BCUT2D eigenvalue weighted by Crippen LogP contribution is 2.33. The van der Waals surface area contributed by atoms with E-state index in [0.717, 1.165) is 33.5 Å². The van der Waals surface area contributed by atoms with Crippen LogP contribution in [-0.2, 0) is 29.1 Å². The topological polar surface area (TPSA) is 73.6 Å². The standard InChI is InChI=1S/C26H25FN2O4.C5H12.C2H6/c1-16-4-5-19(13-25(30)31-3)23(8-16)32-15-17-9-20-12-24(27)33-26(20)22(10-17)18-6-7-29-21(11-18)14-28-2;1-5(2,3)4;1-2/h4-12,28H,13-15H2,1-3H3;1-4H3;1-2H3. The zero-order valence-corrected chi connectivity index (χ0v) is 25.3. The van der Waals surface area contributed by atoms with Crippen molar-refractivity contribution in [3.8, 4) is 16.9 Å². The van der Waals surface area contributed by atoms with E-state index in [0.29, 0.717) is 28.7 Å². The molecule has 216 valence electrons. The van der Waals surface area contributed by atoms with Crippen LogP contribution in [0.1, 0.15) is 63.9 Å². The van der Waals surface area contributed by atoms with Crippen molar-refractivity contribution in [2.45, 2.75) is 68.0 Å². The largest absolute Gasteiger partial charge is 0.489 e. The summed E-state index contributed by atoms with van der Waals surface area (Å²) in [7, 11) is 3.21. The van der Waals surface area contributed by atoms with E-state index in [4.69, 9.17) is 13.9 Å². The molecule has 0 saturated heterocycles. The molecule has 0 aliphatic carbocycles. The SMILES string of the molecule is CC.CC(C)(C)C.CNCc1cc(-c2cc(COc3cc(C)ccc3CC(=O)OC)cc3cc(F)oc23)ccn1. The predicted octanol–water partition coefficient (Wildman–Crippen LogP) is 8.03. The fraction of sp³-hybridized carbons (Fsp3) is 0.394. The van der Waals surface area contributed by atoms with Crippen molar-refractivity contribution in [2.24, 2.45) is 5.41 Å². The second kappa shape index (κ2) is 15.2. The average Bonchev–Trinajstić information content (AvgIpc) is 3.28. The number of hydrogen-bond donors (Lipinski definition) is 1. The number of nitrogens with zero attached hydrogens (tertiary/aromatic N) is 1. The number of rotatable bonds is 8. The second-order valence-corrected chi connectivity index (χ2v) is 10.8. The summed E-state index contributed by atoms with van der Waals surface area (Å²) in [4.78, 5) is 16.1. The molecule has 0 fully saturated rings. The maximum atomic E-state index is 14.0. The highest BCUT2D eigenvalue weighted by Gasteiger charge is 2.15. The molecule has 0 amide bonds. The number of furan rings is 1. The van der Waals surface area contributed by atoms with E-state index in [-0.39, 0.29) is 19.0 Å². The van der Waals surface area contributed by atoms with Crippen LogP contribution in [0.25, 0.3) is 22.1 Å². The maximum absolute atomic E-state index is 14.0. The van der Waals surface area contributed by atoms with Crippen LogP contribution in [-0.4, -0.2) is 25.1 Å². The number of ether oxygens (including phenoxy) is 2. The third kappa shape index (κ3) is 10.1. The highest BCUT2D eigenvalue weighted by atomic mass is 19.1. The van der Waals surface area contributed by atoms with Gasteiger partial charge in [0.2, 0.25) is 0 Å². The molecule has 4 aromatic rings. The van der Waals surface area contributed by atoms with Crippen LogP contribution in [0.4, 0.5) is 4.39 Å². The number of hydrogen-bond acceptors (Lipinski definition) is 6. The number of aromatic nitrogens is 1. The Morgan fingerprint density at radius 3 is 2.40 bits per heavy atom. The Morgan fingerprint density at radius 2 is 1.75 bits per heavy atom. The van der Waals surface area contributed by atoms with Gasteiger partial charge in [-0.1, -0.05) is 53.7 Å². The number of methoxy groups -OCH3 is 1. The molecule has 0 bridgehead atoms. The molecule has 0 spiro atoms. The molecule has 6 nitrogen and oxygen atoms in total. The smallest absolute Gasteiger partial charge is 0.310 e. The van der Waals surface area contributed by atoms with E-state index in [2.05, 4.69) is 38.0 Å². The van der Waals surface area contributed by atoms with Gasteiger partial charge in [-0.3, -0.25) is 9.78 Å². The summed E-state index contributed by atoms with van der Waals surface area (Å²) in [6.07, 6.45) is 1.84. The van der Waals surface area contributed by atoms with Gasteiger partial charge in [-0.25, -0.2) is 0 Å². The Balaban J connectivity index is 0.000000722. The van der Waals surface area contributed by atoms with Crippen LogP contribution in [0.15, 0.2) is 59.1 Å². The van der Waals surface area contributed by atoms with Crippen LogP contribution in [0.5, 0.6) is 5.75 Å². The molecular weight excluding hydrogens is 507 g/mol. The Bertz CT molecular complexity index is 1380. The van der Waals surface area contributed by atoms with Gasteiger partial charge in [0.15, 0.2) is 0 Å². The zero-order valence-electron chi connectivity index (χ0n) is 25.3. The molecule has 0 aliphatic heterocycles. The number of aryl methyl sites for hydroxylation is 1. The van der Waals surface area contributed by atoms with Gasteiger partial charge in [-0.2, -0.15) is 4.39 Å². The Morgan fingerprint density at radius 1 is 1.05 bits per heavy atom. The summed E-state index contributed by atoms with van der Waals surface area (Å²) in [5.41, 5.74) is 6.07. The van der Waals surface area contributed by atoms with Gasteiger partial charge >= 0.3 is 5.97 Å². The molecule has 2 aromatic heterocycles. The van der Waals surface area contributed by atoms with Gasteiger partial charge in [0.1, 0.15) is 17.9 Å². The Hall–Kier alpha value is -3.71. The lowest BCUT2D eigenvalue weighted by Gasteiger charge is -2.13. The van der Waals surface area contributed by atoms with E-state index in [1.54, 1.807) is 6.20 Å². The summed E-state index contributed by atoms with van der Waals surface area (Å²) < 4.78 is 30.3. The lowest BCUT2D eigenvalue weighted by Crippen LogP contribution is -2.07. The first kappa shape index (κ1) is 32.5. The van der Waals surface area contributed by atoms with E-state index in [1.807, 2.05) is 70.3 Å². The Kier molecular flexibility index (Phi) is 12.3. The number of fused-ring (bicyclic) bond motifs is 1. The first-order valence-electron chi connectivity index (χ1n) is 13.6. The molecule has 40 heavy (non-hydrogen) atoms. The van der Waals surface area contributed by atoms with Crippen molar-refractivity contribution in [1.29, 1.82) is 0 Å². The minimum Gasteiger partial charge on any atom is -0.489 e. The van der Waals surface area contributed by atoms with E-state index >= 15 is 0 Å². The molecule has 0 aliphatic rings. The minimum atomic E-state index is -0.645. The third-order valence-corrected chi connectivity index (χ3v) is 5.31. The fourth-order valence-corrected chi connectivity index (χ4v) is 3.74. The van der Waals surface area contributed by atoms with Gasteiger partial charge in [0, 0.05) is 35.3 Å². The minimum absolute atomic E-state index is 0.120. The summed E-state index contributed by atoms with van der Waals surface area (Å²) in [6, 6.07) is 14.0. The molecule has 0 atom stereocenters. The number of halogens is 1. The van der Waals surface area contributed by atoms with Gasteiger partial charge in [-0.15, -0.1) is 0 Å². The first-order valence-corrected chi connectivity index (χ1v) is 13.6. The van der Waals surface area contributed by atoms with Gasteiger partial charge in [-0.05, 0) is 66.4 Å². The lowest BCUT2D eigenvalue weighted by molar-refractivity contribution is -0.139. The molecule has 1 N–H and O–H groups in total. The van der Waals surface area contributed by atoms with E-state index in [1.165, 1.54) is 13.2 Å². The van der Waals surface area contributed by atoms with Crippen molar-refractivity contribution in [3.05, 3.63) is 83.1 Å². The predicted molar refractivity (Wildman–Crippen MR) is 160 cm³/mol. The molecule has 0 unspecified atom stereocenters. The van der Waals surface area contributed by atoms with Crippen LogP contribution in [0.2, 0.25) is 0 Å². The normalized spacial score (nSPS) is 10.8. The van der Waals surface area contributed by atoms with Crippen molar-refractivity contribution in [1.82, 2.24) is 10.3 Å². The number of pyridine rings is 1. The number of nitrogens with one attached hydrogen (secondary N) is 1. The van der Waals surface area contributed by atoms with Crippen molar-refractivity contribution in [2.75, 3.05) is 14.2 Å². The lowest BCUT2D eigenvalue weighted by atomic mass is 10.0. The van der Waals surface area contributed by atoms with Crippen molar-refractivity contribution >= 4 is 16.9 Å². The van der Waals surface area contributed by atoms with E-state index in [9.17, 15) is 9.18 Å². The van der Waals surface area contributed by atoms with Crippen LogP contribution in [0.3, 0.4) is 0 Å². The summed E-state index contributed by atoms with van der Waals surface area (Å²) in [6.45, 7) is 15.6. The van der Waals surface area contributed by atoms with Crippen LogP contribution in [0, 0.1) is 18.4 Å². The first-order chi connectivity index (χ1) is 19.0. The molecule has 4 rings (SSSR count). The molecular formula is C33H43FN2O4. The summed E-state index contributed by atoms with van der Waals surface area (Å²) in [5, 5.41) is 3.73. The van der Waals surface area contributed by atoms with Crippen LogP contribution >= 0.6 is 0 Å². The van der Waals surface area contributed by atoms with Crippen molar-refractivity contribution < 1.29 is 23.1 Å². The molecule has 7 heteroatoms. The quantitative estimate of drug-likeness (QED) is 0.224. The highest BCUT2D eigenvalue weighted by molar-refractivity contribution is 5.93. The molecule has 2 aromatic carbocycles. The summed E-state index contributed by atoms with van der Waals surface area (Å²) >= 11 is 0. The molecule has 0 saturated carbocycles. The van der Waals surface area contributed by atoms with Gasteiger partial charge in [0.05, 0.1) is 19.2 Å². The van der Waals surface area contributed by atoms with Gasteiger partial charge < -0.3 is 19.2 Å². The number of benzene rings is 2. The fourth-order valence-electron chi connectivity index (χ4n) is 3.74. The number of carbonyl (C=O) groups is 1. The second-order valence-electron chi connectivity index (χ2n) is 10.8. The number of esters is 1. The number of carbonyl (C=O) groups excluding carboxylic acids is 1. The van der Waals surface area contributed by atoms with Gasteiger partial charge in [0.25, 0.3) is 6.01 Å². The zero-order chi connectivity index (χ0) is 29.9. The maximum Gasteiger partial charge on any atom is 0.310 e. The Labute approximate surface area is 237 Å². The van der Waals surface area contributed by atoms with E-state index < -0.39 is 6.01 Å². The summed E-state index contributed by atoms with van der Waals surface area (Å²) in [5.74, 6) is 0.275. The third-order valence-electron chi connectivity index (χ3n) is 5.31. The molecule has 2 heterocycles. The van der Waals surface area contributed by atoms with Crippen LogP contribution < -0.4 is 10.1 Å². The molecule has 0 radical (unpaired) electrons.